The first-order chi connectivity index (χ1) is 15.3. The summed E-state index contributed by atoms with van der Waals surface area (Å²) in [4.78, 5) is 39.0. The maximum atomic E-state index is 13.2. The molecule has 0 spiro atoms. The topological polar surface area (TPSA) is 105 Å². The standard InChI is InChI=1S/C19H15F6N5O3/c1-26-16(32)13(28-15(31)12-9-30(2)29-14(12)18(20,21)22)11(10-6-4-3-5-7-10)8-27-17(33)19(23,24)25/h3-9H,1-2H3,(H,26,32)(H,28,31). The van der Waals surface area contributed by atoms with Gasteiger partial charge >= 0.3 is 18.3 Å². The highest BCUT2D eigenvalue weighted by Gasteiger charge is 2.40. The highest BCUT2D eigenvalue weighted by Crippen LogP contribution is 2.30. The van der Waals surface area contributed by atoms with Gasteiger partial charge in [-0.05, 0) is 5.56 Å². The molecule has 0 saturated carbocycles. The molecule has 1 heterocycles. The first kappa shape index (κ1) is 25.3. The lowest BCUT2D eigenvalue weighted by atomic mass is 10.0. The Balaban J connectivity index is 2.65. The minimum Gasteiger partial charge on any atom is -0.354 e. The minimum atomic E-state index is -5.31. The van der Waals surface area contributed by atoms with Gasteiger partial charge in [-0.25, -0.2) is 4.99 Å². The summed E-state index contributed by atoms with van der Waals surface area (Å²) in [6, 6.07) is 7.03. The summed E-state index contributed by atoms with van der Waals surface area (Å²) in [7, 11) is 2.24. The van der Waals surface area contributed by atoms with Crippen LogP contribution in [0.3, 0.4) is 0 Å². The van der Waals surface area contributed by atoms with Crippen LogP contribution in [0.25, 0.3) is 5.57 Å². The average molecular weight is 475 g/mol. The number of nitrogens with one attached hydrogen (secondary N) is 2. The molecule has 0 fully saturated rings. The summed E-state index contributed by atoms with van der Waals surface area (Å²) >= 11 is 0. The summed E-state index contributed by atoms with van der Waals surface area (Å²) in [6.45, 7) is 0. The van der Waals surface area contributed by atoms with E-state index in [9.17, 15) is 40.7 Å². The van der Waals surface area contributed by atoms with Crippen molar-refractivity contribution in [3.8, 4) is 0 Å². The largest absolute Gasteiger partial charge is 0.473 e. The molecule has 0 unspecified atom stereocenters. The molecule has 0 bridgehead atoms. The van der Waals surface area contributed by atoms with E-state index in [0.29, 0.717) is 6.21 Å². The number of hydrogen-bond acceptors (Lipinski definition) is 4. The number of carbonyl (C=O) groups excluding carboxylic acids is 3. The van der Waals surface area contributed by atoms with E-state index < -0.39 is 52.6 Å². The molecule has 2 rings (SSSR count). The number of rotatable bonds is 5. The van der Waals surface area contributed by atoms with E-state index in [0.717, 1.165) is 25.0 Å². The van der Waals surface area contributed by atoms with E-state index in [1.807, 2.05) is 5.32 Å². The average Bonchev–Trinajstić information content (AvgIpc) is 3.14. The van der Waals surface area contributed by atoms with Crippen molar-refractivity contribution in [1.82, 2.24) is 20.4 Å². The van der Waals surface area contributed by atoms with E-state index in [-0.39, 0.29) is 5.56 Å². The normalized spacial score (nSPS) is 13.0. The van der Waals surface area contributed by atoms with Gasteiger partial charge in [-0.2, -0.15) is 31.4 Å². The van der Waals surface area contributed by atoms with Gasteiger partial charge in [0.1, 0.15) is 5.70 Å². The predicted molar refractivity (Wildman–Crippen MR) is 103 cm³/mol. The molecular formula is C19H15F6N5O3. The van der Waals surface area contributed by atoms with E-state index in [4.69, 9.17) is 0 Å². The highest BCUT2D eigenvalue weighted by atomic mass is 19.4. The fraction of sp³-hybridized carbons (Fsp3) is 0.211. The summed E-state index contributed by atoms with van der Waals surface area (Å²) in [5, 5.41) is 7.26. The summed E-state index contributed by atoms with van der Waals surface area (Å²) in [5.74, 6) is -4.99. The molecular weight excluding hydrogens is 460 g/mol. The van der Waals surface area contributed by atoms with Gasteiger partial charge in [0.15, 0.2) is 5.69 Å². The van der Waals surface area contributed by atoms with E-state index in [1.165, 1.54) is 30.3 Å². The number of halogens is 6. The number of aromatic nitrogens is 2. The number of aliphatic imine (C=N–C) groups is 1. The van der Waals surface area contributed by atoms with E-state index in [1.54, 1.807) is 0 Å². The number of amides is 3. The SMILES string of the molecule is CNC(=O)C(NC(=O)c1cn(C)nc1C(F)(F)F)=C(C=NC(=O)C(F)(F)F)c1ccccc1. The maximum Gasteiger partial charge on any atom is 0.473 e. The number of alkyl halides is 6. The molecule has 14 heteroatoms. The van der Waals surface area contributed by atoms with Crippen molar-refractivity contribution in [1.29, 1.82) is 0 Å². The molecule has 2 N–H and O–H groups in total. The first-order valence-electron chi connectivity index (χ1n) is 8.85. The molecule has 2 aromatic rings. The third-order valence-electron chi connectivity index (χ3n) is 3.94. The van der Waals surface area contributed by atoms with Crippen LogP contribution in [-0.4, -0.2) is 46.9 Å². The molecule has 1 aromatic carbocycles. The monoisotopic (exact) mass is 475 g/mol. The number of nitrogens with zero attached hydrogens (tertiary/aromatic N) is 3. The zero-order valence-electron chi connectivity index (χ0n) is 16.9. The van der Waals surface area contributed by atoms with Crippen LogP contribution in [0.4, 0.5) is 26.3 Å². The van der Waals surface area contributed by atoms with Crippen molar-refractivity contribution in [3.63, 3.8) is 0 Å². The number of carbonyl (C=O) groups is 3. The Morgan fingerprint density at radius 1 is 1.06 bits per heavy atom. The van der Waals surface area contributed by atoms with Gasteiger partial charge < -0.3 is 10.6 Å². The molecule has 0 saturated heterocycles. The third kappa shape index (κ3) is 6.27. The number of aryl methyl sites for hydroxylation is 1. The number of benzene rings is 1. The second-order valence-electron chi connectivity index (χ2n) is 6.31. The summed E-state index contributed by atoms with van der Waals surface area (Å²) < 4.78 is 78.1. The Labute approximate surface area is 182 Å². The predicted octanol–water partition coefficient (Wildman–Crippen LogP) is 2.49. The molecule has 0 atom stereocenters. The Kier molecular flexibility index (Phi) is 7.41. The van der Waals surface area contributed by atoms with Crippen molar-refractivity contribution in [2.45, 2.75) is 12.4 Å². The lowest BCUT2D eigenvalue weighted by molar-refractivity contribution is -0.169. The van der Waals surface area contributed by atoms with Crippen LogP contribution < -0.4 is 10.6 Å². The van der Waals surface area contributed by atoms with E-state index in [2.05, 4.69) is 15.4 Å². The fourth-order valence-corrected chi connectivity index (χ4v) is 2.51. The van der Waals surface area contributed by atoms with Crippen molar-refractivity contribution in [3.05, 3.63) is 59.0 Å². The van der Waals surface area contributed by atoms with Gasteiger partial charge in [0, 0.05) is 32.1 Å². The number of likely N-dealkylation sites (N-methyl/N-ethyl adjacent to an activating group) is 1. The molecule has 0 aliphatic carbocycles. The molecule has 0 aliphatic rings. The van der Waals surface area contributed by atoms with Crippen LogP contribution >= 0.6 is 0 Å². The van der Waals surface area contributed by atoms with Gasteiger partial charge in [0.25, 0.3) is 11.8 Å². The Bertz CT molecular complexity index is 1120. The second-order valence-corrected chi connectivity index (χ2v) is 6.31. The Morgan fingerprint density at radius 3 is 2.18 bits per heavy atom. The molecule has 1 aromatic heterocycles. The third-order valence-corrected chi connectivity index (χ3v) is 3.94. The summed E-state index contributed by atoms with van der Waals surface area (Å²) in [6.07, 6.45) is -9.17. The highest BCUT2D eigenvalue weighted by molar-refractivity contribution is 6.22. The van der Waals surface area contributed by atoms with Crippen LogP contribution in [0.1, 0.15) is 21.6 Å². The van der Waals surface area contributed by atoms with Gasteiger partial charge in [0.2, 0.25) is 0 Å². The van der Waals surface area contributed by atoms with Gasteiger partial charge in [-0.3, -0.25) is 19.1 Å². The Morgan fingerprint density at radius 2 is 1.67 bits per heavy atom. The molecule has 176 valence electrons. The number of allylic oxidation sites excluding steroid dienone is 1. The smallest absolute Gasteiger partial charge is 0.354 e. The zero-order chi connectivity index (χ0) is 25.0. The second kappa shape index (κ2) is 9.67. The van der Waals surface area contributed by atoms with Crippen molar-refractivity contribution in [2.24, 2.45) is 12.0 Å². The molecule has 8 nitrogen and oxygen atoms in total. The van der Waals surface area contributed by atoms with E-state index >= 15 is 0 Å². The first-order valence-corrected chi connectivity index (χ1v) is 8.85. The molecule has 0 aliphatic heterocycles. The lowest BCUT2D eigenvalue weighted by Crippen LogP contribution is -2.35. The zero-order valence-corrected chi connectivity index (χ0v) is 16.9. The van der Waals surface area contributed by atoms with Crippen LogP contribution in [0.2, 0.25) is 0 Å². The van der Waals surface area contributed by atoms with Gasteiger partial charge in [-0.1, -0.05) is 30.3 Å². The minimum absolute atomic E-state index is 0.0392. The van der Waals surface area contributed by atoms with Crippen LogP contribution in [0.15, 0.2) is 47.2 Å². The Hall–Kier alpha value is -3.97. The van der Waals surface area contributed by atoms with Gasteiger partial charge in [0.05, 0.1) is 5.56 Å². The summed E-state index contributed by atoms with van der Waals surface area (Å²) in [5.41, 5.74) is -3.65. The van der Waals surface area contributed by atoms with Gasteiger partial charge in [-0.15, -0.1) is 0 Å². The van der Waals surface area contributed by atoms with Crippen molar-refractivity contribution < 1.29 is 40.7 Å². The number of hydrogen-bond donors (Lipinski definition) is 2. The van der Waals surface area contributed by atoms with Crippen LogP contribution in [0.5, 0.6) is 0 Å². The maximum absolute atomic E-state index is 13.2. The molecule has 3 amide bonds. The van der Waals surface area contributed by atoms with Crippen LogP contribution in [0, 0.1) is 0 Å². The van der Waals surface area contributed by atoms with Crippen molar-refractivity contribution >= 4 is 29.5 Å². The molecule has 33 heavy (non-hydrogen) atoms. The molecule has 0 radical (unpaired) electrons. The van der Waals surface area contributed by atoms with Crippen molar-refractivity contribution in [2.75, 3.05) is 7.05 Å². The fourth-order valence-electron chi connectivity index (χ4n) is 2.51. The lowest BCUT2D eigenvalue weighted by Gasteiger charge is -2.14. The van der Waals surface area contributed by atoms with Crippen LogP contribution in [-0.2, 0) is 22.8 Å². The quantitative estimate of drug-likeness (QED) is 0.394.